The smallest absolute Gasteiger partial charge is 0.192 e. The zero-order valence-electron chi connectivity index (χ0n) is 16.6. The first-order valence-electron chi connectivity index (χ1n) is 10.0. The van der Waals surface area contributed by atoms with E-state index in [9.17, 15) is 13.6 Å². The standard InChI is InChI=1S/C22H22F2N4OS/c1-14-5-2-3-7-19(14)28-21(16-6-4-10-25-12-16)26-27-22(28)30-13-20(29)15-8-9-17(23)18(24)11-15/h4,6,8-12,14,19H,2-3,5,7,13H2,1H3/t14-,19+/m0/s1. The molecule has 8 heteroatoms. The lowest BCUT2D eigenvalue weighted by atomic mass is 9.85. The molecule has 2 aromatic heterocycles. The minimum absolute atomic E-state index is 0.0668. The van der Waals surface area contributed by atoms with Gasteiger partial charge in [-0.2, -0.15) is 0 Å². The van der Waals surface area contributed by atoms with E-state index in [1.165, 1.54) is 24.2 Å². The molecular weight excluding hydrogens is 406 g/mol. The van der Waals surface area contributed by atoms with Crippen LogP contribution in [0.3, 0.4) is 0 Å². The van der Waals surface area contributed by atoms with Crippen molar-refractivity contribution >= 4 is 17.5 Å². The van der Waals surface area contributed by atoms with E-state index in [0.29, 0.717) is 11.1 Å². The predicted octanol–water partition coefficient (Wildman–Crippen LogP) is 5.34. The number of aromatic nitrogens is 4. The van der Waals surface area contributed by atoms with Crippen LogP contribution in [0, 0.1) is 17.6 Å². The van der Waals surface area contributed by atoms with Crippen LogP contribution in [0.5, 0.6) is 0 Å². The summed E-state index contributed by atoms with van der Waals surface area (Å²) in [7, 11) is 0. The summed E-state index contributed by atoms with van der Waals surface area (Å²) in [6.07, 6.45) is 7.97. The maximum Gasteiger partial charge on any atom is 0.192 e. The van der Waals surface area contributed by atoms with E-state index in [2.05, 4.69) is 26.7 Å². The number of thioether (sulfide) groups is 1. The summed E-state index contributed by atoms with van der Waals surface area (Å²) < 4.78 is 28.8. The number of pyridine rings is 1. The molecule has 0 radical (unpaired) electrons. The van der Waals surface area contributed by atoms with Crippen LogP contribution in [0.4, 0.5) is 8.78 Å². The Kier molecular flexibility index (Phi) is 6.22. The summed E-state index contributed by atoms with van der Waals surface area (Å²) in [6, 6.07) is 7.26. The SMILES string of the molecule is C[C@H]1CCCC[C@H]1n1c(SCC(=O)c2ccc(F)c(F)c2)nnc1-c1cccnc1. The van der Waals surface area contributed by atoms with Gasteiger partial charge in [-0.05, 0) is 49.1 Å². The molecule has 1 aliphatic carbocycles. The van der Waals surface area contributed by atoms with Crippen molar-refractivity contribution in [3.8, 4) is 11.4 Å². The van der Waals surface area contributed by atoms with Crippen LogP contribution in [0.1, 0.15) is 49.0 Å². The first-order chi connectivity index (χ1) is 14.5. The van der Waals surface area contributed by atoms with Crippen molar-refractivity contribution in [2.24, 2.45) is 5.92 Å². The summed E-state index contributed by atoms with van der Waals surface area (Å²) in [5, 5.41) is 9.42. The van der Waals surface area contributed by atoms with Crippen LogP contribution in [0.2, 0.25) is 0 Å². The third-order valence-electron chi connectivity index (χ3n) is 5.56. The highest BCUT2D eigenvalue weighted by Crippen LogP contribution is 2.39. The third kappa shape index (κ3) is 4.28. The minimum atomic E-state index is -1.02. The van der Waals surface area contributed by atoms with E-state index >= 15 is 0 Å². The number of ketones is 1. The highest BCUT2D eigenvalue weighted by Gasteiger charge is 2.29. The average molecular weight is 429 g/mol. The number of benzene rings is 1. The normalized spacial score (nSPS) is 19.0. The predicted molar refractivity (Wildman–Crippen MR) is 111 cm³/mol. The monoisotopic (exact) mass is 428 g/mol. The van der Waals surface area contributed by atoms with Gasteiger partial charge >= 0.3 is 0 Å². The molecule has 4 rings (SSSR count). The largest absolute Gasteiger partial charge is 0.299 e. The first kappa shape index (κ1) is 20.7. The molecule has 2 heterocycles. The zero-order valence-corrected chi connectivity index (χ0v) is 17.4. The molecule has 0 N–H and O–H groups in total. The Morgan fingerprint density at radius 3 is 2.73 bits per heavy atom. The van der Waals surface area contributed by atoms with E-state index in [-0.39, 0.29) is 23.1 Å². The Morgan fingerprint density at radius 2 is 2.00 bits per heavy atom. The molecule has 0 bridgehead atoms. The molecule has 0 spiro atoms. The minimum Gasteiger partial charge on any atom is -0.299 e. The molecule has 1 fully saturated rings. The Bertz CT molecular complexity index is 1040. The molecule has 0 aliphatic heterocycles. The van der Waals surface area contributed by atoms with Crippen molar-refractivity contribution in [2.45, 2.75) is 43.8 Å². The maximum absolute atomic E-state index is 13.5. The van der Waals surface area contributed by atoms with Crippen molar-refractivity contribution < 1.29 is 13.6 Å². The number of carbonyl (C=O) groups is 1. The van der Waals surface area contributed by atoms with Gasteiger partial charge in [-0.3, -0.25) is 14.3 Å². The molecule has 0 saturated heterocycles. The number of halogens is 2. The second kappa shape index (κ2) is 9.04. The highest BCUT2D eigenvalue weighted by atomic mass is 32.2. The summed E-state index contributed by atoms with van der Waals surface area (Å²) in [4.78, 5) is 16.7. The third-order valence-corrected chi connectivity index (χ3v) is 6.50. The fourth-order valence-corrected chi connectivity index (χ4v) is 4.82. The van der Waals surface area contributed by atoms with Crippen molar-refractivity contribution in [3.63, 3.8) is 0 Å². The second-order valence-corrected chi connectivity index (χ2v) is 8.53. The molecule has 0 unspecified atom stereocenters. The molecule has 0 amide bonds. The summed E-state index contributed by atoms with van der Waals surface area (Å²) >= 11 is 1.27. The van der Waals surface area contributed by atoms with Crippen molar-refractivity contribution in [1.82, 2.24) is 19.7 Å². The zero-order chi connectivity index (χ0) is 21.1. The first-order valence-corrected chi connectivity index (χ1v) is 11.0. The van der Waals surface area contributed by atoms with Crippen LogP contribution in [0.25, 0.3) is 11.4 Å². The van der Waals surface area contributed by atoms with Crippen LogP contribution in [-0.2, 0) is 0 Å². The Labute approximate surface area is 177 Å². The summed E-state index contributed by atoms with van der Waals surface area (Å²) in [5.74, 6) is -1.00. The van der Waals surface area contributed by atoms with E-state index < -0.39 is 11.6 Å². The number of nitrogens with zero attached hydrogens (tertiary/aromatic N) is 4. The molecule has 156 valence electrons. The molecule has 1 aliphatic rings. The van der Waals surface area contributed by atoms with Gasteiger partial charge in [0.05, 0.1) is 5.75 Å². The van der Waals surface area contributed by atoms with E-state index in [0.717, 1.165) is 42.8 Å². The maximum atomic E-state index is 13.5. The van der Waals surface area contributed by atoms with Crippen LogP contribution in [-0.4, -0.2) is 31.3 Å². The molecular formula is C22H22F2N4OS. The topological polar surface area (TPSA) is 60.7 Å². The quantitative estimate of drug-likeness (QED) is 0.392. The van der Waals surface area contributed by atoms with Gasteiger partial charge in [0.25, 0.3) is 0 Å². The number of hydrogen-bond donors (Lipinski definition) is 0. The van der Waals surface area contributed by atoms with Gasteiger partial charge in [0.2, 0.25) is 0 Å². The Hall–Kier alpha value is -2.61. The molecule has 3 aromatic rings. The van der Waals surface area contributed by atoms with Crippen LogP contribution in [0.15, 0.2) is 47.9 Å². The van der Waals surface area contributed by atoms with Crippen LogP contribution < -0.4 is 0 Å². The lowest BCUT2D eigenvalue weighted by Gasteiger charge is -2.31. The summed E-state index contributed by atoms with van der Waals surface area (Å²) in [5.41, 5.74) is 1.02. The van der Waals surface area contributed by atoms with E-state index in [4.69, 9.17) is 0 Å². The number of rotatable bonds is 6. The van der Waals surface area contributed by atoms with E-state index in [1.54, 1.807) is 12.4 Å². The number of hydrogen-bond acceptors (Lipinski definition) is 5. The second-order valence-electron chi connectivity index (χ2n) is 7.59. The van der Waals surface area contributed by atoms with Gasteiger partial charge in [0.1, 0.15) is 0 Å². The molecule has 30 heavy (non-hydrogen) atoms. The fourth-order valence-electron chi connectivity index (χ4n) is 3.93. The van der Waals surface area contributed by atoms with Gasteiger partial charge in [-0.1, -0.05) is 31.5 Å². The Balaban J connectivity index is 1.61. The molecule has 1 saturated carbocycles. The van der Waals surface area contributed by atoms with Gasteiger partial charge in [0, 0.05) is 29.6 Å². The number of carbonyl (C=O) groups excluding carboxylic acids is 1. The van der Waals surface area contributed by atoms with Gasteiger partial charge < -0.3 is 0 Å². The average Bonchev–Trinajstić information content (AvgIpc) is 3.18. The van der Waals surface area contributed by atoms with Gasteiger partial charge in [0.15, 0.2) is 28.4 Å². The van der Waals surface area contributed by atoms with E-state index in [1.807, 2.05) is 12.1 Å². The molecule has 5 nitrogen and oxygen atoms in total. The van der Waals surface area contributed by atoms with Gasteiger partial charge in [-0.25, -0.2) is 8.78 Å². The highest BCUT2D eigenvalue weighted by molar-refractivity contribution is 7.99. The molecule has 2 atom stereocenters. The lowest BCUT2D eigenvalue weighted by molar-refractivity contribution is 0.102. The van der Waals surface area contributed by atoms with Crippen molar-refractivity contribution in [2.75, 3.05) is 5.75 Å². The van der Waals surface area contributed by atoms with Gasteiger partial charge in [-0.15, -0.1) is 10.2 Å². The fraction of sp³-hybridized carbons (Fsp3) is 0.364. The van der Waals surface area contributed by atoms with Crippen molar-refractivity contribution in [1.29, 1.82) is 0 Å². The lowest BCUT2D eigenvalue weighted by Crippen LogP contribution is -2.22. The van der Waals surface area contributed by atoms with Crippen LogP contribution >= 0.6 is 11.8 Å². The number of Topliss-reactive ketones (excluding diaryl/α,β-unsaturated/α-hetero) is 1. The van der Waals surface area contributed by atoms with Crippen molar-refractivity contribution in [3.05, 3.63) is 59.9 Å². The Morgan fingerprint density at radius 1 is 1.17 bits per heavy atom. The summed E-state index contributed by atoms with van der Waals surface area (Å²) in [6.45, 7) is 2.23. The molecule has 1 aromatic carbocycles.